The maximum atomic E-state index is 13.0. The minimum atomic E-state index is -2.15. The number of para-hydroxylation sites is 1. The minimum absolute atomic E-state index is 0.123. The van der Waals surface area contributed by atoms with Crippen LogP contribution < -0.4 is 4.90 Å². The van der Waals surface area contributed by atoms with Crippen molar-refractivity contribution in [3.63, 3.8) is 0 Å². The summed E-state index contributed by atoms with van der Waals surface area (Å²) in [6.45, 7) is 1.39. The van der Waals surface area contributed by atoms with Gasteiger partial charge in [0.15, 0.2) is 11.4 Å². The Morgan fingerprint density at radius 2 is 1.83 bits per heavy atom. The highest BCUT2D eigenvalue weighted by atomic mass is 16.6. The minimum Gasteiger partial charge on any atom is -0.465 e. The smallest absolute Gasteiger partial charge is 0.326 e. The first-order valence-corrected chi connectivity index (χ1v) is 8.85. The fraction of sp³-hybridized carbons (Fsp3) is 0.250. The maximum Gasteiger partial charge on any atom is 0.326 e. The van der Waals surface area contributed by atoms with E-state index in [1.54, 1.807) is 25.1 Å². The molecular weight excluding hydrogens is 380 g/mol. The highest BCUT2D eigenvalue weighted by molar-refractivity contribution is 6.12. The van der Waals surface area contributed by atoms with E-state index in [0.29, 0.717) is 5.69 Å². The molecule has 0 aliphatic carbocycles. The zero-order chi connectivity index (χ0) is 21.2. The van der Waals surface area contributed by atoms with Gasteiger partial charge in [-0.2, -0.15) is 0 Å². The molecule has 0 unspecified atom stereocenters. The molecule has 1 amide bonds. The van der Waals surface area contributed by atoms with Gasteiger partial charge in [0.25, 0.3) is 11.6 Å². The lowest BCUT2D eigenvalue weighted by Gasteiger charge is -2.22. The van der Waals surface area contributed by atoms with Gasteiger partial charge in [0.2, 0.25) is 0 Å². The van der Waals surface area contributed by atoms with Crippen LogP contribution in [0.5, 0.6) is 0 Å². The average molecular weight is 398 g/mol. The summed E-state index contributed by atoms with van der Waals surface area (Å²) in [6, 6.07) is 11.2. The standard InChI is InChI=1S/C20H18N2O7/c1-2-29-18(24)12-21-16-6-4-3-5-15(16)20(26,19(21)25)11-17(23)13-7-9-14(10-8-13)22(27)28/h3-10,26H,2,11-12H2,1H3/t20-/m1/s1. The molecule has 2 aromatic carbocycles. The molecule has 0 saturated carbocycles. The molecule has 1 atom stereocenters. The summed E-state index contributed by atoms with van der Waals surface area (Å²) in [5.74, 6) is -2.01. The van der Waals surface area contributed by atoms with Gasteiger partial charge in [0, 0.05) is 23.3 Å². The number of nitro groups is 1. The molecule has 0 radical (unpaired) electrons. The molecule has 0 saturated heterocycles. The first kappa shape index (κ1) is 20.2. The van der Waals surface area contributed by atoms with E-state index in [2.05, 4.69) is 0 Å². The molecule has 3 rings (SSSR count). The molecule has 0 aromatic heterocycles. The Hall–Kier alpha value is -3.59. The first-order chi connectivity index (χ1) is 13.8. The Morgan fingerprint density at radius 3 is 2.45 bits per heavy atom. The van der Waals surface area contributed by atoms with Crippen LogP contribution in [0.25, 0.3) is 0 Å². The third-order valence-corrected chi connectivity index (χ3v) is 4.65. The number of Topliss-reactive ketones (excluding diaryl/α,β-unsaturated/α-hetero) is 1. The molecule has 0 bridgehead atoms. The van der Waals surface area contributed by atoms with Crippen molar-refractivity contribution in [3.8, 4) is 0 Å². The number of anilines is 1. The summed E-state index contributed by atoms with van der Waals surface area (Å²) in [5.41, 5.74) is -1.67. The normalized spacial score (nSPS) is 17.7. The van der Waals surface area contributed by atoms with Crippen molar-refractivity contribution < 1.29 is 29.2 Å². The van der Waals surface area contributed by atoms with Crippen LogP contribution in [0.4, 0.5) is 11.4 Å². The fourth-order valence-corrected chi connectivity index (χ4v) is 3.27. The van der Waals surface area contributed by atoms with E-state index in [9.17, 15) is 29.6 Å². The molecule has 1 N–H and O–H groups in total. The molecule has 1 aliphatic rings. The topological polar surface area (TPSA) is 127 Å². The second-order valence-corrected chi connectivity index (χ2v) is 6.48. The van der Waals surface area contributed by atoms with E-state index in [0.717, 1.165) is 4.90 Å². The number of ketones is 1. The van der Waals surface area contributed by atoms with Gasteiger partial charge in [-0.15, -0.1) is 0 Å². The van der Waals surface area contributed by atoms with E-state index >= 15 is 0 Å². The van der Waals surface area contributed by atoms with Gasteiger partial charge in [0.05, 0.1) is 23.6 Å². The average Bonchev–Trinajstić information content (AvgIpc) is 2.90. The van der Waals surface area contributed by atoms with Crippen molar-refractivity contribution in [1.29, 1.82) is 0 Å². The number of nitro benzene ring substituents is 1. The molecule has 9 heteroatoms. The van der Waals surface area contributed by atoms with Gasteiger partial charge in [-0.05, 0) is 25.1 Å². The van der Waals surface area contributed by atoms with E-state index in [4.69, 9.17) is 4.74 Å². The molecule has 29 heavy (non-hydrogen) atoms. The predicted octanol–water partition coefficient (Wildman–Crippen LogP) is 1.97. The Balaban J connectivity index is 1.89. The van der Waals surface area contributed by atoms with Gasteiger partial charge in [-0.3, -0.25) is 29.4 Å². The van der Waals surface area contributed by atoms with Crippen molar-refractivity contribution in [1.82, 2.24) is 0 Å². The van der Waals surface area contributed by atoms with Gasteiger partial charge in [-0.1, -0.05) is 18.2 Å². The molecule has 1 aliphatic heterocycles. The second-order valence-electron chi connectivity index (χ2n) is 6.48. The largest absolute Gasteiger partial charge is 0.465 e. The number of amides is 1. The first-order valence-electron chi connectivity index (χ1n) is 8.85. The summed E-state index contributed by atoms with van der Waals surface area (Å²) in [5, 5.41) is 21.9. The Bertz CT molecular complexity index is 987. The number of carbonyl (C=O) groups is 3. The van der Waals surface area contributed by atoms with Crippen LogP contribution >= 0.6 is 0 Å². The van der Waals surface area contributed by atoms with Crippen LogP contribution in [-0.2, 0) is 19.9 Å². The van der Waals surface area contributed by atoms with Gasteiger partial charge < -0.3 is 9.84 Å². The number of aliphatic hydroxyl groups is 1. The lowest BCUT2D eigenvalue weighted by atomic mass is 9.88. The van der Waals surface area contributed by atoms with Crippen molar-refractivity contribution in [2.45, 2.75) is 18.9 Å². The number of fused-ring (bicyclic) bond motifs is 1. The SMILES string of the molecule is CCOC(=O)CN1C(=O)[C@@](O)(CC(=O)c2ccc([N+](=O)[O-])cc2)c2ccccc21. The number of nitrogens with zero attached hydrogens (tertiary/aromatic N) is 2. The van der Waals surface area contributed by atoms with Crippen molar-refractivity contribution in [2.24, 2.45) is 0 Å². The Morgan fingerprint density at radius 1 is 1.17 bits per heavy atom. The lowest BCUT2D eigenvalue weighted by molar-refractivity contribution is -0.384. The van der Waals surface area contributed by atoms with Crippen LogP contribution in [0.1, 0.15) is 29.3 Å². The Kier molecular flexibility index (Phi) is 5.42. The molecule has 2 aromatic rings. The van der Waals surface area contributed by atoms with Crippen LogP contribution in [0, 0.1) is 10.1 Å². The molecule has 0 spiro atoms. The van der Waals surface area contributed by atoms with E-state index in [-0.39, 0.29) is 23.4 Å². The van der Waals surface area contributed by atoms with Gasteiger partial charge in [0.1, 0.15) is 6.54 Å². The number of esters is 1. The number of rotatable bonds is 7. The lowest BCUT2D eigenvalue weighted by Crippen LogP contribution is -2.44. The summed E-state index contributed by atoms with van der Waals surface area (Å²) in [6.07, 6.45) is -0.569. The zero-order valence-corrected chi connectivity index (χ0v) is 15.5. The van der Waals surface area contributed by atoms with Crippen LogP contribution in [0.2, 0.25) is 0 Å². The summed E-state index contributed by atoms with van der Waals surface area (Å²) < 4.78 is 4.88. The number of ether oxygens (including phenoxy) is 1. The molecule has 9 nitrogen and oxygen atoms in total. The van der Waals surface area contributed by atoms with Gasteiger partial charge >= 0.3 is 5.97 Å². The Labute approximate surface area is 165 Å². The quantitative estimate of drug-likeness (QED) is 0.327. The maximum absolute atomic E-state index is 13.0. The number of hydrogen-bond acceptors (Lipinski definition) is 7. The number of hydrogen-bond donors (Lipinski definition) is 1. The van der Waals surface area contributed by atoms with E-state index in [1.807, 2.05) is 0 Å². The van der Waals surface area contributed by atoms with E-state index < -0.39 is 41.1 Å². The van der Waals surface area contributed by atoms with Crippen LogP contribution in [0.15, 0.2) is 48.5 Å². The highest BCUT2D eigenvalue weighted by Gasteiger charge is 2.51. The fourth-order valence-electron chi connectivity index (χ4n) is 3.27. The number of carbonyl (C=O) groups excluding carboxylic acids is 3. The summed E-state index contributed by atoms with van der Waals surface area (Å²) in [7, 11) is 0. The number of benzene rings is 2. The van der Waals surface area contributed by atoms with Crippen molar-refractivity contribution >= 4 is 29.0 Å². The van der Waals surface area contributed by atoms with Crippen LogP contribution in [-0.4, -0.2) is 40.8 Å². The second kappa shape index (κ2) is 7.80. The summed E-state index contributed by atoms with van der Waals surface area (Å²) in [4.78, 5) is 48.8. The number of non-ortho nitro benzene ring substituents is 1. The molecule has 150 valence electrons. The summed E-state index contributed by atoms with van der Waals surface area (Å²) >= 11 is 0. The van der Waals surface area contributed by atoms with E-state index in [1.165, 1.54) is 30.3 Å². The predicted molar refractivity (Wildman–Crippen MR) is 101 cm³/mol. The third-order valence-electron chi connectivity index (χ3n) is 4.65. The molecular formula is C20H18N2O7. The zero-order valence-electron chi connectivity index (χ0n) is 15.5. The van der Waals surface area contributed by atoms with Crippen LogP contribution in [0.3, 0.4) is 0 Å². The molecule has 0 fully saturated rings. The molecule has 1 heterocycles. The van der Waals surface area contributed by atoms with Gasteiger partial charge in [-0.25, -0.2) is 0 Å². The highest BCUT2D eigenvalue weighted by Crippen LogP contribution is 2.42. The van der Waals surface area contributed by atoms with Crippen molar-refractivity contribution in [3.05, 3.63) is 69.8 Å². The third kappa shape index (κ3) is 3.72. The van der Waals surface area contributed by atoms with Crippen molar-refractivity contribution in [2.75, 3.05) is 18.1 Å². The monoisotopic (exact) mass is 398 g/mol.